The Morgan fingerprint density at radius 1 is 1.18 bits per heavy atom. The lowest BCUT2D eigenvalue weighted by atomic mass is 9.56. The Kier molecular flexibility index (Phi) is 8.12. The number of rotatable bonds is 5. The molecule has 10 heteroatoms. The first-order valence-electron chi connectivity index (χ1n) is 13.7. The lowest BCUT2D eigenvalue weighted by Gasteiger charge is -2.63. The van der Waals surface area contributed by atoms with Gasteiger partial charge in [-0.05, 0) is 44.9 Å². The van der Waals surface area contributed by atoms with Crippen LogP contribution in [-0.4, -0.2) is 76.4 Å². The Balaban J connectivity index is 0.00000172. The van der Waals surface area contributed by atoms with Gasteiger partial charge in [-0.2, -0.15) is 5.10 Å². The summed E-state index contributed by atoms with van der Waals surface area (Å²) in [5, 5.41) is 13.7. The van der Waals surface area contributed by atoms with Crippen molar-refractivity contribution in [3.05, 3.63) is 41.1 Å². The zero-order valence-electron chi connectivity index (χ0n) is 23.6. The first kappa shape index (κ1) is 28.7. The van der Waals surface area contributed by atoms with Crippen molar-refractivity contribution < 1.29 is 9.59 Å². The largest absolute Gasteiger partial charge is 0.398 e. The lowest BCUT2D eigenvalue weighted by Crippen LogP contribution is -2.69. The first-order valence-corrected chi connectivity index (χ1v) is 14.1. The van der Waals surface area contributed by atoms with E-state index >= 15 is 0 Å². The maximum atomic E-state index is 12.1. The summed E-state index contributed by atoms with van der Waals surface area (Å²) in [4.78, 5) is 30.0. The summed E-state index contributed by atoms with van der Waals surface area (Å²) < 4.78 is 2.10. The summed E-state index contributed by atoms with van der Waals surface area (Å²) in [6.07, 6.45) is 4.52. The Hall–Kier alpha value is -3.33. The molecule has 210 valence electrons. The number of benzene rings is 1. The lowest BCUT2D eigenvalue weighted by molar-refractivity contribution is -0.167. The van der Waals surface area contributed by atoms with Crippen LogP contribution in [0.2, 0.25) is 5.02 Å². The van der Waals surface area contributed by atoms with Crippen molar-refractivity contribution in [3.8, 4) is 11.1 Å². The average Bonchev–Trinajstić information content (AvgIpc) is 3.25. The van der Waals surface area contributed by atoms with Gasteiger partial charge < -0.3 is 25.8 Å². The molecular weight excluding hydrogens is 514 g/mol. The second kappa shape index (κ2) is 11.0. The number of anilines is 2. The zero-order chi connectivity index (χ0) is 28.6. The van der Waals surface area contributed by atoms with E-state index in [1.54, 1.807) is 19.1 Å². The van der Waals surface area contributed by atoms with Gasteiger partial charge in [0.15, 0.2) is 5.82 Å². The third-order valence-electron chi connectivity index (χ3n) is 8.71. The van der Waals surface area contributed by atoms with E-state index in [0.29, 0.717) is 42.5 Å². The molecule has 2 aromatic rings. The van der Waals surface area contributed by atoms with Crippen molar-refractivity contribution in [1.82, 2.24) is 19.6 Å². The van der Waals surface area contributed by atoms with Crippen LogP contribution < -0.4 is 10.6 Å². The van der Waals surface area contributed by atoms with E-state index in [9.17, 15) is 9.59 Å². The Bertz CT molecular complexity index is 1290. The number of nitrogens with zero attached hydrogens (tertiary/aromatic N) is 5. The van der Waals surface area contributed by atoms with E-state index < -0.39 is 0 Å². The molecule has 1 aromatic carbocycles. The van der Waals surface area contributed by atoms with Crippen LogP contribution in [0.25, 0.3) is 11.1 Å². The summed E-state index contributed by atoms with van der Waals surface area (Å²) in [6, 6.07) is 3.88. The molecule has 3 N–H and O–H groups in total. The highest BCUT2D eigenvalue weighted by Gasteiger charge is 2.59. The van der Waals surface area contributed by atoms with Crippen LogP contribution in [-0.2, 0) is 9.59 Å². The topological polar surface area (TPSA) is 112 Å². The number of carbonyl (C=O) groups excluding carboxylic acids is 2. The number of nitrogens with one attached hydrogen (secondary N) is 1. The predicted octanol–water partition coefficient (Wildman–Crippen LogP) is 4.52. The molecule has 0 radical (unpaired) electrons. The van der Waals surface area contributed by atoms with E-state index in [1.807, 2.05) is 30.6 Å². The van der Waals surface area contributed by atoms with Gasteiger partial charge in [0, 0.05) is 90.4 Å². The highest BCUT2D eigenvalue weighted by Crippen LogP contribution is 2.58. The van der Waals surface area contributed by atoms with Gasteiger partial charge in [-0.1, -0.05) is 32.0 Å². The molecule has 39 heavy (non-hydrogen) atoms. The van der Waals surface area contributed by atoms with Gasteiger partial charge in [-0.25, -0.2) is 0 Å². The van der Waals surface area contributed by atoms with Crippen LogP contribution in [0, 0.1) is 17.7 Å². The average molecular weight is 554 g/mol. The number of likely N-dealkylation sites (tertiary alicyclic amines) is 1. The second-order valence-electron chi connectivity index (χ2n) is 10.6. The number of amides is 2. The maximum absolute atomic E-state index is 12.1. The summed E-state index contributed by atoms with van der Waals surface area (Å²) in [5.74, 6) is 0.869. The second-order valence-corrected chi connectivity index (χ2v) is 11.0. The minimum Gasteiger partial charge on any atom is -0.398 e. The van der Waals surface area contributed by atoms with Crippen LogP contribution in [0.3, 0.4) is 0 Å². The first-order chi connectivity index (χ1) is 18.6. The summed E-state index contributed by atoms with van der Waals surface area (Å²) in [6.45, 7) is 16.7. The van der Waals surface area contributed by atoms with Crippen molar-refractivity contribution in [1.29, 1.82) is 5.41 Å². The summed E-state index contributed by atoms with van der Waals surface area (Å²) >= 11 is 6.74. The number of piperazine rings is 1. The fourth-order valence-corrected chi connectivity index (χ4v) is 6.62. The molecular formula is C29H40ClN7O2. The summed E-state index contributed by atoms with van der Waals surface area (Å²) in [5.41, 5.74) is 10.0. The molecule has 3 aliphatic rings. The quantitative estimate of drug-likeness (QED) is 0.321. The maximum Gasteiger partial charge on any atom is 0.246 e. The van der Waals surface area contributed by atoms with Gasteiger partial charge >= 0.3 is 0 Å². The Morgan fingerprint density at radius 3 is 2.36 bits per heavy atom. The van der Waals surface area contributed by atoms with Crippen molar-refractivity contribution in [2.75, 3.05) is 43.4 Å². The minimum absolute atomic E-state index is 0.0124. The fraction of sp³-hybridized carbons (Fsp3) is 0.517. The fourth-order valence-electron chi connectivity index (χ4n) is 6.36. The van der Waals surface area contributed by atoms with E-state index in [0.717, 1.165) is 42.0 Å². The molecule has 9 nitrogen and oxygen atoms in total. The molecule has 2 amide bonds. The highest BCUT2D eigenvalue weighted by molar-refractivity contribution is 6.34. The molecule has 3 heterocycles. The van der Waals surface area contributed by atoms with Gasteiger partial charge in [-0.15, -0.1) is 0 Å². The molecule has 1 aromatic heterocycles. The number of carbonyl (C=O) groups is 2. The van der Waals surface area contributed by atoms with Crippen LogP contribution in [0.15, 0.2) is 24.8 Å². The molecule has 2 aliphatic heterocycles. The predicted molar refractivity (Wildman–Crippen MR) is 158 cm³/mol. The summed E-state index contributed by atoms with van der Waals surface area (Å²) in [7, 11) is 0. The van der Waals surface area contributed by atoms with Crippen molar-refractivity contribution in [3.63, 3.8) is 0 Å². The number of halogens is 1. The molecule has 1 spiro atoms. The highest BCUT2D eigenvalue weighted by atomic mass is 35.5. The van der Waals surface area contributed by atoms with E-state index in [2.05, 4.69) is 23.1 Å². The number of hydrogen-bond donors (Lipinski definition) is 2. The normalized spacial score (nSPS) is 23.9. The molecule has 5 rings (SSSR count). The molecule has 0 bridgehead atoms. The molecule has 2 saturated heterocycles. The zero-order valence-corrected chi connectivity index (χ0v) is 24.4. The Labute approximate surface area is 236 Å². The van der Waals surface area contributed by atoms with E-state index in [1.165, 1.54) is 12.3 Å². The van der Waals surface area contributed by atoms with Gasteiger partial charge in [0.25, 0.3) is 0 Å². The molecule has 1 atom stereocenters. The van der Waals surface area contributed by atoms with Gasteiger partial charge in [0.1, 0.15) is 0 Å². The van der Waals surface area contributed by atoms with Gasteiger partial charge in [-0.3, -0.25) is 14.3 Å². The standard InChI is InChI=1S/C27H34ClN7O2.C2H6/c1-5-23(37)34-15-27(17(34)3)12-19(13-27)35-16(2)24(25-20(14-29)22(30)7-6-21(25)28)26(31-35)33-10-8-32(9-11-33)18(4)36;1-2/h5-7,14,17,19,29H,1,8-13,15,30H2,2-4H3;1-2H3. The molecule has 1 aliphatic carbocycles. The molecule has 1 saturated carbocycles. The molecule has 3 fully saturated rings. The minimum atomic E-state index is -0.0124. The monoisotopic (exact) mass is 553 g/mol. The van der Waals surface area contributed by atoms with Crippen LogP contribution in [0.4, 0.5) is 11.5 Å². The Morgan fingerprint density at radius 2 is 1.82 bits per heavy atom. The third kappa shape index (κ3) is 4.71. The van der Waals surface area contributed by atoms with Crippen molar-refractivity contribution in [2.45, 2.75) is 59.5 Å². The van der Waals surface area contributed by atoms with Gasteiger partial charge in [0.2, 0.25) is 11.8 Å². The number of nitrogens with two attached hydrogens (primary N) is 1. The van der Waals surface area contributed by atoms with Crippen LogP contribution in [0.5, 0.6) is 0 Å². The molecule has 1 unspecified atom stereocenters. The van der Waals surface area contributed by atoms with E-state index in [4.69, 9.17) is 27.8 Å². The van der Waals surface area contributed by atoms with Crippen LogP contribution in [0.1, 0.15) is 57.8 Å². The van der Waals surface area contributed by atoms with Crippen molar-refractivity contribution >= 4 is 41.1 Å². The van der Waals surface area contributed by atoms with E-state index in [-0.39, 0.29) is 29.3 Å². The number of nitrogen functional groups attached to an aromatic ring is 1. The number of hydrogen-bond acceptors (Lipinski definition) is 6. The number of aromatic nitrogens is 2. The SMILES string of the molecule is C=CC(=O)N1CC2(CC(n3nc(N4CCN(C(C)=O)CC4)c(-c4c(Cl)ccc(N)c4C=N)c3C)C2)C1C.CC. The van der Waals surface area contributed by atoms with Crippen molar-refractivity contribution in [2.24, 2.45) is 5.41 Å². The van der Waals surface area contributed by atoms with Gasteiger partial charge in [0.05, 0.1) is 6.04 Å². The third-order valence-corrected chi connectivity index (χ3v) is 9.02. The van der Waals surface area contributed by atoms with Crippen LogP contribution >= 0.6 is 11.6 Å². The smallest absolute Gasteiger partial charge is 0.246 e.